The quantitative estimate of drug-likeness (QED) is 0.309. The highest BCUT2D eigenvalue weighted by molar-refractivity contribution is 5.96. The van der Waals surface area contributed by atoms with Gasteiger partial charge in [-0.1, -0.05) is 12.1 Å². The molecule has 1 fully saturated rings. The molecule has 0 unspecified atom stereocenters. The first-order valence-electron chi connectivity index (χ1n) is 12.6. The predicted octanol–water partition coefficient (Wildman–Crippen LogP) is 5.19. The summed E-state index contributed by atoms with van der Waals surface area (Å²) >= 11 is 0. The molecule has 0 atom stereocenters. The number of aryl methyl sites for hydroxylation is 3. The number of anilines is 1. The number of nitrogens with one attached hydrogen (secondary N) is 2. The van der Waals surface area contributed by atoms with E-state index < -0.39 is 5.60 Å². The second-order valence-corrected chi connectivity index (χ2v) is 10.6. The molecule has 5 rings (SSSR count). The molecule has 1 aliphatic carbocycles. The number of benzene rings is 2. The van der Waals surface area contributed by atoms with Gasteiger partial charge in [0.15, 0.2) is 5.65 Å². The van der Waals surface area contributed by atoms with E-state index in [9.17, 15) is 9.90 Å². The van der Waals surface area contributed by atoms with Crippen LogP contribution >= 0.6 is 0 Å². The van der Waals surface area contributed by atoms with Gasteiger partial charge in [0.1, 0.15) is 5.75 Å². The van der Waals surface area contributed by atoms with Crippen LogP contribution in [-0.2, 0) is 0 Å². The number of nitrogens with zero attached hydrogens (tertiary/aromatic N) is 3. The fraction of sp³-hybridized carbons (Fsp3) is 0.345. The molecule has 4 aromatic rings. The summed E-state index contributed by atoms with van der Waals surface area (Å²) in [4.78, 5) is 17.2. The average Bonchev–Trinajstić information content (AvgIpc) is 3.51. The van der Waals surface area contributed by atoms with Gasteiger partial charge in [-0.15, -0.1) is 5.10 Å². The Hall–Kier alpha value is -3.91. The number of aromatic nitrogens is 3. The number of amides is 1. The molecular formula is C29H33N5O3. The predicted molar refractivity (Wildman–Crippen MR) is 144 cm³/mol. The van der Waals surface area contributed by atoms with Crippen LogP contribution in [0.15, 0.2) is 48.7 Å². The first kappa shape index (κ1) is 24.8. The van der Waals surface area contributed by atoms with E-state index >= 15 is 0 Å². The molecule has 1 saturated carbocycles. The van der Waals surface area contributed by atoms with Gasteiger partial charge >= 0.3 is 0 Å². The van der Waals surface area contributed by atoms with Gasteiger partial charge in [-0.2, -0.15) is 0 Å². The Morgan fingerprint density at radius 1 is 1.11 bits per heavy atom. The van der Waals surface area contributed by atoms with Gasteiger partial charge in [-0.25, -0.2) is 9.50 Å². The highest BCUT2D eigenvalue weighted by Gasteiger charge is 2.25. The maximum Gasteiger partial charge on any atom is 0.251 e. The molecule has 0 saturated heterocycles. The van der Waals surface area contributed by atoms with Crippen LogP contribution in [0.1, 0.15) is 53.7 Å². The van der Waals surface area contributed by atoms with Crippen LogP contribution in [0, 0.1) is 20.8 Å². The van der Waals surface area contributed by atoms with Crippen molar-refractivity contribution in [2.45, 2.75) is 59.1 Å². The lowest BCUT2D eigenvalue weighted by molar-refractivity contribution is 0.0940. The summed E-state index contributed by atoms with van der Waals surface area (Å²) in [7, 11) is 0. The molecule has 8 heteroatoms. The van der Waals surface area contributed by atoms with Crippen molar-refractivity contribution >= 4 is 17.2 Å². The van der Waals surface area contributed by atoms with Crippen molar-refractivity contribution in [3.05, 3.63) is 70.9 Å². The summed E-state index contributed by atoms with van der Waals surface area (Å²) in [5, 5.41) is 21.4. The number of hydrogen-bond donors (Lipinski definition) is 3. The van der Waals surface area contributed by atoms with Gasteiger partial charge in [0, 0.05) is 29.8 Å². The van der Waals surface area contributed by atoms with E-state index in [0.29, 0.717) is 41.1 Å². The molecule has 2 heterocycles. The molecule has 192 valence electrons. The van der Waals surface area contributed by atoms with E-state index in [-0.39, 0.29) is 5.91 Å². The molecule has 2 aromatic carbocycles. The zero-order valence-corrected chi connectivity index (χ0v) is 21.9. The first-order valence-corrected chi connectivity index (χ1v) is 12.6. The minimum absolute atomic E-state index is 0.0370. The molecule has 2 aromatic heterocycles. The van der Waals surface area contributed by atoms with Gasteiger partial charge in [0.2, 0.25) is 5.88 Å². The number of ether oxygens (including phenoxy) is 1. The molecule has 0 aliphatic heterocycles. The Morgan fingerprint density at radius 3 is 2.49 bits per heavy atom. The second kappa shape index (κ2) is 9.52. The van der Waals surface area contributed by atoms with Crippen LogP contribution in [0.3, 0.4) is 0 Å². The van der Waals surface area contributed by atoms with Crippen molar-refractivity contribution in [3.63, 3.8) is 0 Å². The number of hydrogen-bond acceptors (Lipinski definition) is 6. The lowest BCUT2D eigenvalue weighted by Crippen LogP contribution is -2.29. The zero-order chi connectivity index (χ0) is 26.3. The number of aliphatic hydroxyl groups is 1. The van der Waals surface area contributed by atoms with Crippen molar-refractivity contribution in [2.75, 3.05) is 11.9 Å². The van der Waals surface area contributed by atoms with Gasteiger partial charge in [0.25, 0.3) is 5.91 Å². The van der Waals surface area contributed by atoms with E-state index in [4.69, 9.17) is 9.84 Å². The molecule has 0 bridgehead atoms. The first-order chi connectivity index (χ1) is 17.6. The maximum atomic E-state index is 12.6. The summed E-state index contributed by atoms with van der Waals surface area (Å²) in [5.74, 6) is 1.05. The number of rotatable bonds is 8. The van der Waals surface area contributed by atoms with Crippen LogP contribution in [0.25, 0.3) is 16.9 Å². The van der Waals surface area contributed by atoms with Crippen LogP contribution < -0.4 is 15.4 Å². The van der Waals surface area contributed by atoms with E-state index in [2.05, 4.69) is 21.7 Å². The number of imidazole rings is 1. The van der Waals surface area contributed by atoms with E-state index in [1.54, 1.807) is 30.6 Å². The van der Waals surface area contributed by atoms with Crippen molar-refractivity contribution in [1.82, 2.24) is 19.9 Å². The normalized spacial score (nSPS) is 13.6. The average molecular weight is 500 g/mol. The maximum absolute atomic E-state index is 12.6. The molecular weight excluding hydrogens is 466 g/mol. The molecule has 0 spiro atoms. The SMILES string of the molecule is Cc1cc(C)cc(Oc2cc(NCC(C)(C)O)c3ncc(-c4ccc(C(=O)NC5CC5)c(C)c4)n3n2)c1. The Bertz CT molecular complexity index is 1460. The van der Waals surface area contributed by atoms with Crippen LogP contribution in [0.2, 0.25) is 0 Å². The summed E-state index contributed by atoms with van der Waals surface area (Å²) in [6, 6.07) is 13.9. The summed E-state index contributed by atoms with van der Waals surface area (Å²) in [5.41, 5.74) is 5.79. The summed E-state index contributed by atoms with van der Waals surface area (Å²) in [6.07, 6.45) is 3.86. The minimum Gasteiger partial charge on any atom is -0.437 e. The Kier molecular flexibility index (Phi) is 6.37. The number of fused-ring (bicyclic) bond motifs is 1. The third-order valence-electron chi connectivity index (χ3n) is 6.25. The Morgan fingerprint density at radius 2 is 1.84 bits per heavy atom. The highest BCUT2D eigenvalue weighted by atomic mass is 16.5. The van der Waals surface area contributed by atoms with Crippen LogP contribution in [0.5, 0.6) is 11.6 Å². The molecule has 8 nitrogen and oxygen atoms in total. The molecule has 3 N–H and O–H groups in total. The van der Waals surface area contributed by atoms with Crippen LogP contribution in [0.4, 0.5) is 5.69 Å². The fourth-order valence-electron chi connectivity index (χ4n) is 4.32. The number of carbonyl (C=O) groups excluding carboxylic acids is 1. The van der Waals surface area contributed by atoms with Gasteiger partial charge in [-0.05, 0) is 88.4 Å². The standard InChI is InChI=1S/C29H33N5O3/c1-17-10-18(2)12-22(11-17)37-26-14-24(31-16-29(4,5)36)27-30-15-25(34(27)33-26)20-6-9-23(19(3)13-20)28(35)32-21-7-8-21/h6,9-15,21,31,36H,7-8,16H2,1-5H3,(H,32,35). The summed E-state index contributed by atoms with van der Waals surface area (Å²) in [6.45, 7) is 9.79. The van der Waals surface area contributed by atoms with Gasteiger partial charge < -0.3 is 20.5 Å². The monoisotopic (exact) mass is 499 g/mol. The smallest absolute Gasteiger partial charge is 0.251 e. The third kappa shape index (κ3) is 5.75. The van der Waals surface area contributed by atoms with Crippen molar-refractivity contribution in [1.29, 1.82) is 0 Å². The van der Waals surface area contributed by atoms with Crippen molar-refractivity contribution < 1.29 is 14.6 Å². The van der Waals surface area contributed by atoms with Gasteiger partial charge in [0.05, 0.1) is 23.2 Å². The van der Waals surface area contributed by atoms with Crippen LogP contribution in [-0.4, -0.2) is 43.8 Å². The third-order valence-corrected chi connectivity index (χ3v) is 6.25. The largest absolute Gasteiger partial charge is 0.437 e. The lowest BCUT2D eigenvalue weighted by atomic mass is 10.0. The summed E-state index contributed by atoms with van der Waals surface area (Å²) < 4.78 is 7.92. The van der Waals surface area contributed by atoms with E-state index in [1.165, 1.54) is 0 Å². The van der Waals surface area contributed by atoms with E-state index in [1.807, 2.05) is 51.1 Å². The molecule has 1 amide bonds. The highest BCUT2D eigenvalue weighted by Crippen LogP contribution is 2.31. The zero-order valence-electron chi connectivity index (χ0n) is 21.9. The molecule has 37 heavy (non-hydrogen) atoms. The lowest BCUT2D eigenvalue weighted by Gasteiger charge is -2.19. The molecule has 0 radical (unpaired) electrons. The Labute approximate surface area is 216 Å². The fourth-order valence-corrected chi connectivity index (χ4v) is 4.32. The Balaban J connectivity index is 1.54. The van der Waals surface area contributed by atoms with E-state index in [0.717, 1.165) is 40.8 Å². The second-order valence-electron chi connectivity index (χ2n) is 10.6. The van der Waals surface area contributed by atoms with Crippen molar-refractivity contribution in [2.24, 2.45) is 0 Å². The number of carbonyl (C=O) groups is 1. The van der Waals surface area contributed by atoms with Gasteiger partial charge in [-0.3, -0.25) is 4.79 Å². The van der Waals surface area contributed by atoms with Crippen molar-refractivity contribution in [3.8, 4) is 22.9 Å². The minimum atomic E-state index is -0.918. The molecule has 1 aliphatic rings. The topological polar surface area (TPSA) is 101 Å².